The molecule has 1 unspecified atom stereocenters. The summed E-state index contributed by atoms with van der Waals surface area (Å²) in [7, 11) is 1.72. The van der Waals surface area contributed by atoms with Crippen LogP contribution >= 0.6 is 39.1 Å². The monoisotopic (exact) mass is 393 g/mol. The largest absolute Gasteiger partial charge is 0.313 e. The molecule has 21 heavy (non-hydrogen) atoms. The first kappa shape index (κ1) is 16.7. The number of rotatable bonds is 4. The summed E-state index contributed by atoms with van der Waals surface area (Å²) in [4.78, 5) is 0. The van der Waals surface area contributed by atoms with Gasteiger partial charge in [0, 0.05) is 21.1 Å². The van der Waals surface area contributed by atoms with E-state index in [1.165, 1.54) is 12.1 Å². The summed E-state index contributed by atoms with van der Waals surface area (Å²) < 4.78 is 27.8. The Kier molecular flexibility index (Phi) is 5.60. The Morgan fingerprint density at radius 2 is 1.90 bits per heavy atom. The van der Waals surface area contributed by atoms with Gasteiger partial charge in [-0.3, -0.25) is 0 Å². The molecule has 0 aliphatic heterocycles. The third-order valence-electron chi connectivity index (χ3n) is 3.23. The summed E-state index contributed by atoms with van der Waals surface area (Å²) in [5.41, 5.74) is 1.17. The van der Waals surface area contributed by atoms with Crippen LogP contribution in [0.4, 0.5) is 8.78 Å². The molecule has 0 saturated heterocycles. The number of benzene rings is 2. The number of hydrogen-bond donors (Lipinski definition) is 1. The molecule has 1 atom stereocenters. The van der Waals surface area contributed by atoms with Crippen LogP contribution in [0.15, 0.2) is 34.8 Å². The van der Waals surface area contributed by atoms with Crippen molar-refractivity contribution >= 4 is 39.1 Å². The lowest BCUT2D eigenvalue weighted by molar-refractivity contribution is 0.533. The molecule has 2 rings (SSSR count). The maximum Gasteiger partial charge on any atom is 0.147 e. The molecule has 1 N–H and O–H groups in total. The molecule has 0 aromatic heterocycles. The Morgan fingerprint density at radius 1 is 1.19 bits per heavy atom. The van der Waals surface area contributed by atoms with E-state index in [-0.39, 0.29) is 11.1 Å². The van der Waals surface area contributed by atoms with E-state index in [1.807, 2.05) is 0 Å². The van der Waals surface area contributed by atoms with Crippen molar-refractivity contribution in [1.29, 1.82) is 0 Å². The first-order valence-corrected chi connectivity index (χ1v) is 7.73. The lowest BCUT2D eigenvalue weighted by Gasteiger charge is -2.19. The van der Waals surface area contributed by atoms with Crippen molar-refractivity contribution in [3.63, 3.8) is 0 Å². The van der Waals surface area contributed by atoms with Gasteiger partial charge in [-0.1, -0.05) is 35.3 Å². The lowest BCUT2D eigenvalue weighted by atomic mass is 9.98. The van der Waals surface area contributed by atoms with Gasteiger partial charge in [0.25, 0.3) is 0 Å². The Labute approximate surface area is 140 Å². The Hall–Kier alpha value is -0.680. The minimum absolute atomic E-state index is 0.0398. The maximum atomic E-state index is 14.3. The van der Waals surface area contributed by atoms with E-state index in [4.69, 9.17) is 23.2 Å². The van der Waals surface area contributed by atoms with E-state index >= 15 is 0 Å². The summed E-state index contributed by atoms with van der Waals surface area (Å²) >= 11 is 15.1. The van der Waals surface area contributed by atoms with Crippen LogP contribution in [0.3, 0.4) is 0 Å². The van der Waals surface area contributed by atoms with Crippen molar-refractivity contribution in [1.82, 2.24) is 5.32 Å². The van der Waals surface area contributed by atoms with Crippen LogP contribution in [0.5, 0.6) is 0 Å². The predicted molar refractivity (Wildman–Crippen MR) is 86.0 cm³/mol. The molecular formula is C15H12BrCl2F2N. The van der Waals surface area contributed by atoms with E-state index in [9.17, 15) is 8.78 Å². The van der Waals surface area contributed by atoms with Gasteiger partial charge in [0.05, 0.1) is 5.02 Å². The molecule has 0 aliphatic carbocycles. The van der Waals surface area contributed by atoms with Crippen LogP contribution in [0, 0.1) is 11.6 Å². The van der Waals surface area contributed by atoms with Gasteiger partial charge >= 0.3 is 0 Å². The van der Waals surface area contributed by atoms with Crippen molar-refractivity contribution < 1.29 is 8.78 Å². The normalized spacial score (nSPS) is 12.5. The second kappa shape index (κ2) is 7.05. The quantitative estimate of drug-likeness (QED) is 0.671. The highest BCUT2D eigenvalue weighted by Crippen LogP contribution is 2.32. The van der Waals surface area contributed by atoms with Gasteiger partial charge in [-0.25, -0.2) is 8.78 Å². The van der Waals surface area contributed by atoms with Crippen molar-refractivity contribution in [2.75, 3.05) is 7.05 Å². The van der Waals surface area contributed by atoms with E-state index in [2.05, 4.69) is 21.2 Å². The van der Waals surface area contributed by atoms with Crippen LogP contribution in [-0.2, 0) is 6.42 Å². The topological polar surface area (TPSA) is 12.0 Å². The molecule has 0 saturated carbocycles. The zero-order chi connectivity index (χ0) is 15.6. The average Bonchev–Trinajstić information content (AvgIpc) is 2.45. The Morgan fingerprint density at radius 3 is 2.52 bits per heavy atom. The fourth-order valence-corrected chi connectivity index (χ4v) is 2.81. The Balaban J connectivity index is 2.34. The molecule has 112 valence electrons. The SMILES string of the molecule is CNC(Cc1ccc(F)cc1Cl)c1ccc(Br)c(Cl)c1F. The molecule has 6 heteroatoms. The first-order valence-electron chi connectivity index (χ1n) is 6.18. The fraction of sp³-hybridized carbons (Fsp3) is 0.200. The average molecular weight is 395 g/mol. The summed E-state index contributed by atoms with van der Waals surface area (Å²) in [6.07, 6.45) is 0.421. The standard InChI is InChI=1S/C15H12BrCl2F2N/c1-21-13(6-8-2-3-9(19)7-12(8)17)10-4-5-11(16)14(18)15(10)20/h2-5,7,13,21H,6H2,1H3. The highest BCUT2D eigenvalue weighted by Gasteiger charge is 2.19. The zero-order valence-electron chi connectivity index (χ0n) is 11.1. The van der Waals surface area contributed by atoms with Crippen LogP contribution < -0.4 is 5.32 Å². The molecule has 0 radical (unpaired) electrons. The van der Waals surface area contributed by atoms with E-state index in [0.29, 0.717) is 21.5 Å². The molecule has 2 aromatic rings. The minimum Gasteiger partial charge on any atom is -0.313 e. The number of halogens is 5. The first-order chi connectivity index (χ1) is 9.93. The minimum atomic E-state index is -0.483. The molecule has 0 bridgehead atoms. The highest BCUT2D eigenvalue weighted by molar-refractivity contribution is 9.10. The molecule has 2 aromatic carbocycles. The summed E-state index contributed by atoms with van der Waals surface area (Å²) in [6, 6.07) is 7.20. The van der Waals surface area contributed by atoms with Crippen LogP contribution in [0.1, 0.15) is 17.2 Å². The molecule has 1 nitrogen and oxygen atoms in total. The van der Waals surface area contributed by atoms with Crippen molar-refractivity contribution in [3.05, 3.63) is 67.6 Å². The molecule has 0 fully saturated rings. The number of likely N-dealkylation sites (N-methyl/N-ethyl adjacent to an activating group) is 1. The van der Waals surface area contributed by atoms with Crippen LogP contribution in [0.2, 0.25) is 10.0 Å². The zero-order valence-corrected chi connectivity index (χ0v) is 14.2. The van der Waals surface area contributed by atoms with Crippen LogP contribution in [-0.4, -0.2) is 7.05 Å². The fourth-order valence-electron chi connectivity index (χ4n) is 2.08. The molecule has 0 aliphatic rings. The summed E-state index contributed by atoms with van der Waals surface area (Å²) in [5, 5.41) is 3.39. The second-order valence-corrected chi connectivity index (χ2v) is 6.19. The van der Waals surface area contributed by atoms with Crippen molar-refractivity contribution in [3.8, 4) is 0 Å². The van der Waals surface area contributed by atoms with E-state index in [1.54, 1.807) is 25.2 Å². The van der Waals surface area contributed by atoms with E-state index in [0.717, 1.165) is 5.56 Å². The molecule has 0 heterocycles. The smallest absolute Gasteiger partial charge is 0.147 e. The van der Waals surface area contributed by atoms with Crippen molar-refractivity contribution in [2.45, 2.75) is 12.5 Å². The molecule has 0 amide bonds. The van der Waals surface area contributed by atoms with Gasteiger partial charge in [-0.05, 0) is 53.2 Å². The third kappa shape index (κ3) is 3.75. The Bertz CT molecular complexity index is 664. The number of nitrogens with one attached hydrogen (secondary N) is 1. The summed E-state index contributed by atoms with van der Waals surface area (Å²) in [5.74, 6) is -0.883. The van der Waals surface area contributed by atoms with E-state index < -0.39 is 11.6 Å². The predicted octanol–water partition coefficient (Wildman–Crippen LogP) is 5.54. The molecule has 0 spiro atoms. The molecular weight excluding hydrogens is 383 g/mol. The third-order valence-corrected chi connectivity index (χ3v) is 4.84. The van der Waals surface area contributed by atoms with Gasteiger partial charge in [0.15, 0.2) is 0 Å². The highest BCUT2D eigenvalue weighted by atomic mass is 79.9. The van der Waals surface area contributed by atoms with Gasteiger partial charge in [0.1, 0.15) is 11.6 Å². The maximum absolute atomic E-state index is 14.3. The van der Waals surface area contributed by atoms with Crippen molar-refractivity contribution in [2.24, 2.45) is 0 Å². The second-order valence-electron chi connectivity index (χ2n) is 4.55. The van der Waals surface area contributed by atoms with Gasteiger partial charge in [-0.2, -0.15) is 0 Å². The van der Waals surface area contributed by atoms with Gasteiger partial charge < -0.3 is 5.32 Å². The lowest BCUT2D eigenvalue weighted by Crippen LogP contribution is -2.20. The number of hydrogen-bond acceptors (Lipinski definition) is 1. The summed E-state index contributed by atoms with van der Waals surface area (Å²) in [6.45, 7) is 0. The van der Waals surface area contributed by atoms with Gasteiger partial charge in [0.2, 0.25) is 0 Å². The van der Waals surface area contributed by atoms with Crippen LogP contribution in [0.25, 0.3) is 0 Å². The van der Waals surface area contributed by atoms with Gasteiger partial charge in [-0.15, -0.1) is 0 Å².